The molecule has 29 heavy (non-hydrogen) atoms. The highest BCUT2D eigenvalue weighted by atomic mass is 16.2. The molecule has 0 aliphatic heterocycles. The van der Waals surface area contributed by atoms with E-state index < -0.39 is 0 Å². The maximum Gasteiger partial charge on any atom is 0.254 e. The molecular weight excluding hydrogens is 364 g/mol. The van der Waals surface area contributed by atoms with Crippen molar-refractivity contribution in [2.24, 2.45) is 5.73 Å². The van der Waals surface area contributed by atoms with Crippen LogP contribution in [0.15, 0.2) is 48.5 Å². The fourth-order valence-electron chi connectivity index (χ4n) is 3.81. The van der Waals surface area contributed by atoms with Crippen molar-refractivity contribution in [3.05, 3.63) is 65.2 Å². The lowest BCUT2D eigenvalue weighted by molar-refractivity contribution is -0.114. The summed E-state index contributed by atoms with van der Waals surface area (Å²) in [7, 11) is 0. The number of hydrogen-bond donors (Lipinski definition) is 2. The smallest absolute Gasteiger partial charge is 0.254 e. The topological polar surface area (TPSA) is 99.2 Å². The first-order valence-corrected chi connectivity index (χ1v) is 9.91. The molecule has 6 nitrogen and oxygen atoms in total. The van der Waals surface area contributed by atoms with Crippen molar-refractivity contribution in [2.75, 3.05) is 5.32 Å². The quantitative estimate of drug-likeness (QED) is 0.817. The minimum absolute atomic E-state index is 0.0260. The summed E-state index contributed by atoms with van der Waals surface area (Å²) in [5.74, 6) is -0.202. The van der Waals surface area contributed by atoms with Gasteiger partial charge in [-0.15, -0.1) is 0 Å². The first-order chi connectivity index (χ1) is 14.0. The molecule has 3 rings (SSSR count). The van der Waals surface area contributed by atoms with Gasteiger partial charge in [0.25, 0.3) is 5.91 Å². The van der Waals surface area contributed by atoms with Gasteiger partial charge in [-0.25, -0.2) is 0 Å². The van der Waals surface area contributed by atoms with Gasteiger partial charge in [0, 0.05) is 36.8 Å². The predicted octanol–water partition coefficient (Wildman–Crippen LogP) is 3.43. The molecule has 2 aromatic carbocycles. The van der Waals surface area contributed by atoms with Crippen molar-refractivity contribution in [2.45, 2.75) is 51.2 Å². The highest BCUT2D eigenvalue weighted by Crippen LogP contribution is 2.26. The molecule has 1 aliphatic rings. The van der Waals surface area contributed by atoms with Crippen molar-refractivity contribution in [1.82, 2.24) is 4.90 Å². The molecule has 1 saturated carbocycles. The van der Waals surface area contributed by atoms with E-state index in [9.17, 15) is 9.59 Å². The largest absolute Gasteiger partial charge is 0.330 e. The van der Waals surface area contributed by atoms with Crippen LogP contribution in [0.4, 0.5) is 5.69 Å². The van der Waals surface area contributed by atoms with Gasteiger partial charge in [-0.3, -0.25) is 9.59 Å². The van der Waals surface area contributed by atoms with Crippen molar-refractivity contribution in [3.63, 3.8) is 0 Å². The average Bonchev–Trinajstić information content (AvgIpc) is 2.73. The molecule has 3 N–H and O–H groups in total. The summed E-state index contributed by atoms with van der Waals surface area (Å²) in [5.41, 5.74) is 9.16. The number of nitrogens with one attached hydrogen (secondary N) is 1. The van der Waals surface area contributed by atoms with Crippen LogP contribution in [0.5, 0.6) is 0 Å². The second-order valence-electron chi connectivity index (χ2n) is 7.52. The van der Waals surface area contributed by atoms with Crippen LogP contribution in [-0.4, -0.2) is 28.8 Å². The van der Waals surface area contributed by atoms with E-state index >= 15 is 0 Å². The third kappa shape index (κ3) is 5.21. The monoisotopic (exact) mass is 390 g/mol. The molecule has 0 spiro atoms. The minimum atomic E-state index is -0.122. The highest BCUT2D eigenvalue weighted by molar-refractivity contribution is 5.94. The van der Waals surface area contributed by atoms with E-state index in [4.69, 9.17) is 11.0 Å². The van der Waals surface area contributed by atoms with Crippen LogP contribution in [0.25, 0.3) is 0 Å². The second-order valence-corrected chi connectivity index (χ2v) is 7.52. The Balaban J connectivity index is 1.85. The zero-order valence-electron chi connectivity index (χ0n) is 16.6. The number of carbonyl (C=O) groups is 2. The zero-order chi connectivity index (χ0) is 20.8. The number of amides is 2. The maximum atomic E-state index is 13.3. The van der Waals surface area contributed by atoms with Crippen molar-refractivity contribution >= 4 is 17.5 Å². The van der Waals surface area contributed by atoms with Gasteiger partial charge >= 0.3 is 0 Å². The number of nitriles is 1. The van der Waals surface area contributed by atoms with E-state index in [0.717, 1.165) is 36.9 Å². The van der Waals surface area contributed by atoms with E-state index in [1.807, 2.05) is 29.2 Å². The van der Waals surface area contributed by atoms with E-state index in [2.05, 4.69) is 11.4 Å². The third-order valence-electron chi connectivity index (χ3n) is 5.33. The van der Waals surface area contributed by atoms with Crippen molar-refractivity contribution in [1.29, 1.82) is 5.26 Å². The standard InChI is InChI=1S/C23H26N4O2/c1-16(28)26-20-12-8-18(9-13-20)15-27(22-5-3-2-4-21(22)25)23(29)19-10-6-17(14-24)7-11-19/h6-13,21-22H,2-5,15,25H2,1H3,(H,26,28). The fourth-order valence-corrected chi connectivity index (χ4v) is 3.81. The van der Waals surface area contributed by atoms with Crippen LogP contribution in [0.3, 0.4) is 0 Å². The van der Waals surface area contributed by atoms with Crippen LogP contribution < -0.4 is 11.1 Å². The Hall–Kier alpha value is -3.17. The Morgan fingerprint density at radius 3 is 2.34 bits per heavy atom. The predicted molar refractivity (Wildman–Crippen MR) is 112 cm³/mol. The number of rotatable bonds is 5. The summed E-state index contributed by atoms with van der Waals surface area (Å²) < 4.78 is 0. The number of carbonyl (C=O) groups excluding carboxylic acids is 2. The molecule has 0 radical (unpaired) electrons. The first kappa shape index (κ1) is 20.6. The molecule has 0 aromatic heterocycles. The van der Waals surface area contributed by atoms with Crippen LogP contribution in [0.2, 0.25) is 0 Å². The average molecular weight is 390 g/mol. The van der Waals surface area contributed by atoms with E-state index in [0.29, 0.717) is 17.7 Å². The molecular formula is C23H26N4O2. The number of anilines is 1. The Labute approximate surface area is 171 Å². The normalized spacial score (nSPS) is 18.5. The summed E-state index contributed by atoms with van der Waals surface area (Å²) in [6, 6.07) is 16.2. The molecule has 1 fully saturated rings. The van der Waals surface area contributed by atoms with Gasteiger partial charge in [-0.2, -0.15) is 5.26 Å². The Bertz CT molecular complexity index is 900. The summed E-state index contributed by atoms with van der Waals surface area (Å²) >= 11 is 0. The van der Waals surface area contributed by atoms with Crippen LogP contribution >= 0.6 is 0 Å². The zero-order valence-corrected chi connectivity index (χ0v) is 16.6. The second kappa shape index (κ2) is 9.35. The lowest BCUT2D eigenvalue weighted by Crippen LogP contribution is -2.51. The molecule has 0 bridgehead atoms. The summed E-state index contributed by atoms with van der Waals surface area (Å²) in [6.45, 7) is 1.91. The summed E-state index contributed by atoms with van der Waals surface area (Å²) in [4.78, 5) is 26.4. The molecule has 0 saturated heterocycles. The lowest BCUT2D eigenvalue weighted by atomic mass is 9.89. The van der Waals surface area contributed by atoms with Gasteiger partial charge in [-0.1, -0.05) is 25.0 Å². The molecule has 1 aliphatic carbocycles. The SMILES string of the molecule is CC(=O)Nc1ccc(CN(C(=O)c2ccc(C#N)cc2)C2CCCCC2N)cc1. The Kier molecular flexibility index (Phi) is 6.63. The molecule has 2 unspecified atom stereocenters. The van der Waals surface area contributed by atoms with Crippen molar-refractivity contribution in [3.8, 4) is 6.07 Å². The summed E-state index contributed by atoms with van der Waals surface area (Å²) in [5, 5.41) is 11.7. The van der Waals surface area contributed by atoms with Gasteiger partial charge in [0.2, 0.25) is 5.91 Å². The van der Waals surface area contributed by atoms with Crippen molar-refractivity contribution < 1.29 is 9.59 Å². The van der Waals surface area contributed by atoms with Crippen LogP contribution in [0.1, 0.15) is 54.1 Å². The van der Waals surface area contributed by atoms with E-state index in [-0.39, 0.29) is 23.9 Å². The van der Waals surface area contributed by atoms with Crippen LogP contribution in [0, 0.1) is 11.3 Å². The highest BCUT2D eigenvalue weighted by Gasteiger charge is 2.31. The Morgan fingerprint density at radius 1 is 1.10 bits per heavy atom. The number of nitrogens with zero attached hydrogens (tertiary/aromatic N) is 2. The summed E-state index contributed by atoms with van der Waals surface area (Å²) in [6.07, 6.45) is 3.93. The maximum absolute atomic E-state index is 13.3. The lowest BCUT2D eigenvalue weighted by Gasteiger charge is -2.38. The fraction of sp³-hybridized carbons (Fsp3) is 0.348. The van der Waals surface area contributed by atoms with Gasteiger partial charge in [0.1, 0.15) is 0 Å². The van der Waals surface area contributed by atoms with E-state index in [1.54, 1.807) is 24.3 Å². The first-order valence-electron chi connectivity index (χ1n) is 9.91. The van der Waals surface area contributed by atoms with Crippen LogP contribution in [-0.2, 0) is 11.3 Å². The molecule has 2 atom stereocenters. The molecule has 2 aromatic rings. The van der Waals surface area contributed by atoms with Gasteiger partial charge in [0.05, 0.1) is 11.6 Å². The van der Waals surface area contributed by atoms with Gasteiger partial charge in [-0.05, 0) is 54.8 Å². The third-order valence-corrected chi connectivity index (χ3v) is 5.33. The molecule has 0 heterocycles. The molecule has 6 heteroatoms. The van der Waals surface area contributed by atoms with Gasteiger partial charge < -0.3 is 16.0 Å². The Morgan fingerprint density at radius 2 is 1.76 bits per heavy atom. The molecule has 2 amide bonds. The number of hydrogen-bond acceptors (Lipinski definition) is 4. The van der Waals surface area contributed by atoms with E-state index in [1.165, 1.54) is 6.92 Å². The van der Waals surface area contributed by atoms with Gasteiger partial charge in [0.15, 0.2) is 0 Å². The number of benzene rings is 2. The number of nitrogens with two attached hydrogens (primary N) is 1. The minimum Gasteiger partial charge on any atom is -0.330 e. The molecule has 150 valence electrons.